The summed E-state index contributed by atoms with van der Waals surface area (Å²) in [7, 11) is 0. The van der Waals surface area contributed by atoms with E-state index in [2.05, 4.69) is 0 Å². The zero-order valence-corrected chi connectivity index (χ0v) is 14.4. The van der Waals surface area contributed by atoms with Crippen molar-refractivity contribution in [3.05, 3.63) is 0 Å². The summed E-state index contributed by atoms with van der Waals surface area (Å²) in [6.45, 7) is -3.87. The molecule has 0 aliphatic heterocycles. The van der Waals surface area contributed by atoms with Crippen LogP contribution < -0.4 is 0 Å². The predicted octanol–water partition coefficient (Wildman–Crippen LogP) is -3.33. The van der Waals surface area contributed by atoms with E-state index in [1.54, 1.807) is 0 Å². The minimum atomic E-state index is -1.46. The number of hydrogen-bond donors (Lipinski definition) is 6. The van der Waals surface area contributed by atoms with E-state index in [1.165, 1.54) is 0 Å². The van der Waals surface area contributed by atoms with Crippen LogP contribution in [0.3, 0.4) is 0 Å². The minimum absolute atomic E-state index is 0.134. The lowest BCUT2D eigenvalue weighted by Crippen LogP contribution is -2.47. The van der Waals surface area contributed by atoms with E-state index < -0.39 is 68.9 Å². The van der Waals surface area contributed by atoms with Crippen molar-refractivity contribution in [2.75, 3.05) is 52.5 Å². The van der Waals surface area contributed by atoms with Gasteiger partial charge >= 0.3 is 23.9 Å². The number of hydrogen-bond acceptors (Lipinski definition) is 9. The average molecular weight is 396 g/mol. The third-order valence-electron chi connectivity index (χ3n) is 3.23. The quantitative estimate of drug-likeness (QED) is 0.151. The first kappa shape index (κ1) is 24.7. The second kappa shape index (κ2) is 12.9. The third kappa shape index (κ3) is 12.6. The molecule has 0 radical (unpaired) electrons. The minimum Gasteiger partial charge on any atom is -0.480 e. The molecule has 13 nitrogen and oxygen atoms in total. The largest absolute Gasteiger partial charge is 0.480 e. The van der Waals surface area contributed by atoms with Crippen LogP contribution in [0.2, 0.25) is 0 Å². The van der Waals surface area contributed by atoms with Gasteiger partial charge in [0, 0.05) is 13.1 Å². The summed E-state index contributed by atoms with van der Waals surface area (Å²) in [5, 5.41) is 54.0. The maximum Gasteiger partial charge on any atom is 0.317 e. The Morgan fingerprint density at radius 2 is 1.19 bits per heavy atom. The standard InChI is InChI=1S/C14H24N2O11/c17-8-9(18)10(3-16(6-13(23)24)7-14(25)26)27-2-1-15(4-11(19)20)5-12(21)22/h9-10,17-18H,1-8H2,(H,19,20)(H,21,22)(H,23,24)(H,25,26)/t9?,10-/m0/s1. The van der Waals surface area contributed by atoms with Gasteiger partial charge in [-0.3, -0.25) is 29.0 Å². The van der Waals surface area contributed by atoms with Crippen LogP contribution in [-0.4, -0.2) is 129 Å². The van der Waals surface area contributed by atoms with Gasteiger partial charge in [0.05, 0.1) is 45.5 Å². The van der Waals surface area contributed by atoms with Gasteiger partial charge in [-0.05, 0) is 0 Å². The first-order valence-corrected chi connectivity index (χ1v) is 7.77. The van der Waals surface area contributed by atoms with Gasteiger partial charge in [0.15, 0.2) is 0 Å². The molecule has 0 aliphatic carbocycles. The Hall–Kier alpha value is -2.32. The van der Waals surface area contributed by atoms with Crippen molar-refractivity contribution in [1.29, 1.82) is 0 Å². The molecule has 2 atom stereocenters. The number of ether oxygens (including phenoxy) is 1. The molecule has 0 spiro atoms. The van der Waals surface area contributed by atoms with E-state index in [4.69, 9.17) is 30.3 Å². The molecule has 0 aromatic carbocycles. The van der Waals surface area contributed by atoms with Crippen molar-refractivity contribution in [3.8, 4) is 0 Å². The first-order valence-electron chi connectivity index (χ1n) is 7.77. The van der Waals surface area contributed by atoms with Crippen molar-refractivity contribution in [2.45, 2.75) is 12.2 Å². The third-order valence-corrected chi connectivity index (χ3v) is 3.23. The molecular weight excluding hydrogens is 372 g/mol. The first-order chi connectivity index (χ1) is 12.5. The van der Waals surface area contributed by atoms with E-state index in [1.807, 2.05) is 0 Å². The molecule has 27 heavy (non-hydrogen) atoms. The topological polar surface area (TPSA) is 205 Å². The Kier molecular flexibility index (Phi) is 11.8. The molecule has 0 amide bonds. The van der Waals surface area contributed by atoms with Crippen LogP contribution >= 0.6 is 0 Å². The lowest BCUT2D eigenvalue weighted by molar-refractivity contribution is -0.144. The maximum atomic E-state index is 10.8. The fourth-order valence-electron chi connectivity index (χ4n) is 2.15. The summed E-state index contributed by atoms with van der Waals surface area (Å²) in [4.78, 5) is 45.1. The van der Waals surface area contributed by atoms with E-state index >= 15 is 0 Å². The van der Waals surface area contributed by atoms with Gasteiger partial charge in [-0.25, -0.2) is 0 Å². The predicted molar refractivity (Wildman–Crippen MR) is 86.3 cm³/mol. The Morgan fingerprint density at radius 1 is 0.778 bits per heavy atom. The second-order valence-corrected chi connectivity index (χ2v) is 5.61. The van der Waals surface area contributed by atoms with Crippen molar-refractivity contribution >= 4 is 23.9 Å². The lowest BCUT2D eigenvalue weighted by Gasteiger charge is -2.28. The maximum absolute atomic E-state index is 10.8. The fourth-order valence-corrected chi connectivity index (χ4v) is 2.15. The number of carbonyl (C=O) groups is 4. The average Bonchev–Trinajstić information content (AvgIpc) is 2.50. The molecule has 0 aromatic heterocycles. The van der Waals surface area contributed by atoms with Gasteiger partial charge in [-0.1, -0.05) is 0 Å². The smallest absolute Gasteiger partial charge is 0.317 e. The Morgan fingerprint density at radius 3 is 1.56 bits per heavy atom. The van der Waals surface area contributed by atoms with E-state index in [0.29, 0.717) is 0 Å². The van der Waals surface area contributed by atoms with Crippen molar-refractivity contribution < 1.29 is 54.6 Å². The highest BCUT2D eigenvalue weighted by Crippen LogP contribution is 2.05. The summed E-state index contributed by atoms with van der Waals surface area (Å²) in [5.74, 6) is -5.11. The highest BCUT2D eigenvalue weighted by atomic mass is 16.5. The summed E-state index contributed by atoms with van der Waals surface area (Å²) in [6, 6.07) is 0. The summed E-state index contributed by atoms with van der Waals surface area (Å²) < 4.78 is 5.32. The van der Waals surface area contributed by atoms with Gasteiger partial charge in [0.2, 0.25) is 0 Å². The van der Waals surface area contributed by atoms with Crippen molar-refractivity contribution in [2.24, 2.45) is 0 Å². The Labute approximate surface area is 154 Å². The summed E-state index contributed by atoms with van der Waals surface area (Å²) in [5.41, 5.74) is 0. The zero-order valence-electron chi connectivity index (χ0n) is 14.4. The Bertz CT molecular complexity index is 481. The molecule has 13 heteroatoms. The van der Waals surface area contributed by atoms with Gasteiger partial charge in [-0.15, -0.1) is 0 Å². The number of aliphatic hydroxyl groups is 2. The van der Waals surface area contributed by atoms with Crippen LogP contribution in [0.5, 0.6) is 0 Å². The van der Waals surface area contributed by atoms with Crippen LogP contribution in [-0.2, 0) is 23.9 Å². The van der Waals surface area contributed by atoms with E-state index in [0.717, 1.165) is 9.80 Å². The molecule has 156 valence electrons. The molecule has 0 saturated carbocycles. The number of carboxylic acid groups (broad SMARTS) is 4. The summed E-state index contributed by atoms with van der Waals surface area (Å²) >= 11 is 0. The Balaban J connectivity index is 4.87. The number of aliphatic hydroxyl groups excluding tert-OH is 2. The normalized spacial score (nSPS) is 13.5. The molecule has 0 aromatic rings. The van der Waals surface area contributed by atoms with Crippen LogP contribution in [0.1, 0.15) is 0 Å². The highest BCUT2D eigenvalue weighted by molar-refractivity contribution is 5.73. The number of carboxylic acids is 4. The monoisotopic (exact) mass is 396 g/mol. The van der Waals surface area contributed by atoms with Crippen LogP contribution in [0.15, 0.2) is 0 Å². The molecule has 0 aliphatic rings. The van der Waals surface area contributed by atoms with Gasteiger partial charge < -0.3 is 35.4 Å². The molecule has 0 fully saturated rings. The van der Waals surface area contributed by atoms with Crippen molar-refractivity contribution in [3.63, 3.8) is 0 Å². The molecule has 6 N–H and O–H groups in total. The lowest BCUT2D eigenvalue weighted by atomic mass is 10.2. The van der Waals surface area contributed by atoms with Gasteiger partial charge in [0.25, 0.3) is 0 Å². The van der Waals surface area contributed by atoms with E-state index in [9.17, 15) is 24.3 Å². The van der Waals surface area contributed by atoms with Crippen LogP contribution in [0.25, 0.3) is 0 Å². The fraction of sp³-hybridized carbons (Fsp3) is 0.714. The second-order valence-electron chi connectivity index (χ2n) is 5.61. The molecule has 1 unspecified atom stereocenters. The summed E-state index contributed by atoms with van der Waals surface area (Å²) in [6.07, 6.45) is -2.63. The van der Waals surface area contributed by atoms with Crippen LogP contribution in [0.4, 0.5) is 0 Å². The van der Waals surface area contributed by atoms with Gasteiger partial charge in [-0.2, -0.15) is 0 Å². The van der Waals surface area contributed by atoms with E-state index in [-0.39, 0.29) is 19.7 Å². The molecule has 0 heterocycles. The van der Waals surface area contributed by atoms with Gasteiger partial charge in [0.1, 0.15) is 6.10 Å². The number of aliphatic carboxylic acids is 4. The zero-order chi connectivity index (χ0) is 21.0. The molecule has 0 saturated heterocycles. The molecule has 0 rings (SSSR count). The number of nitrogens with zero attached hydrogens (tertiary/aromatic N) is 2. The molecule has 0 bridgehead atoms. The molecular formula is C14H24N2O11. The number of rotatable bonds is 16. The highest BCUT2D eigenvalue weighted by Gasteiger charge is 2.25. The van der Waals surface area contributed by atoms with Crippen molar-refractivity contribution in [1.82, 2.24) is 9.80 Å². The van der Waals surface area contributed by atoms with Crippen LogP contribution in [0, 0.1) is 0 Å². The SMILES string of the molecule is O=C(O)CN(CCO[C@@H](CN(CC(=O)O)CC(=O)O)C(O)CO)CC(=O)O.